The van der Waals surface area contributed by atoms with E-state index in [1.807, 2.05) is 29.2 Å². The molecule has 2 aromatic rings. The van der Waals surface area contributed by atoms with E-state index in [1.165, 1.54) is 0 Å². The molecule has 0 aliphatic rings. The maximum Gasteiger partial charge on any atom is 0.135 e. The minimum absolute atomic E-state index is 0.504. The molecule has 0 unspecified atom stereocenters. The predicted octanol–water partition coefficient (Wildman–Crippen LogP) is 1.72. The number of hydrogen-bond donors (Lipinski definition) is 0. The number of imidazole rings is 1. The molecule has 0 atom stereocenters. The lowest BCUT2D eigenvalue weighted by atomic mass is 10.4. The highest BCUT2D eigenvalue weighted by atomic mass is 15.3. The zero-order valence-corrected chi connectivity index (χ0v) is 6.73. The van der Waals surface area contributed by atoms with Crippen LogP contribution in [-0.4, -0.2) is 14.2 Å². The molecule has 0 saturated carbocycles. The summed E-state index contributed by atoms with van der Waals surface area (Å²) in [5.74, 6) is 0. The lowest BCUT2D eigenvalue weighted by Gasteiger charge is -2.05. The van der Waals surface area contributed by atoms with E-state index in [1.54, 1.807) is 0 Å². The summed E-state index contributed by atoms with van der Waals surface area (Å²) >= 11 is 0. The van der Waals surface area contributed by atoms with Gasteiger partial charge in [0.05, 0.1) is 6.20 Å². The van der Waals surface area contributed by atoms with E-state index >= 15 is 0 Å². The molecule has 0 bridgehead atoms. The second kappa shape index (κ2) is 2.12. The molecule has 2 aromatic heterocycles. The highest BCUT2D eigenvalue weighted by Crippen LogP contribution is 2.10. The average molecular weight is 149 g/mol. The van der Waals surface area contributed by atoms with Crippen LogP contribution < -0.4 is 0 Å². The molecular weight excluding hydrogens is 138 g/mol. The number of rotatable bonds is 1. The molecule has 0 aromatic carbocycles. The molecule has 3 nitrogen and oxygen atoms in total. The molecule has 0 aliphatic heterocycles. The normalized spacial score (nSPS) is 11.5. The molecule has 3 heteroatoms. The topological polar surface area (TPSA) is 22.2 Å². The van der Waals surface area contributed by atoms with Crippen LogP contribution in [0.4, 0.5) is 0 Å². The number of fused-ring (bicyclic) bond motifs is 1. The van der Waals surface area contributed by atoms with Gasteiger partial charge < -0.3 is 4.57 Å². The minimum atomic E-state index is 0.504. The van der Waals surface area contributed by atoms with Crippen LogP contribution in [0.25, 0.3) is 5.65 Å². The van der Waals surface area contributed by atoms with Crippen LogP contribution in [0.15, 0.2) is 24.7 Å². The Kier molecular flexibility index (Phi) is 1.24. The van der Waals surface area contributed by atoms with E-state index in [2.05, 4.69) is 23.5 Å². The van der Waals surface area contributed by atoms with Crippen LogP contribution in [0.5, 0.6) is 0 Å². The molecule has 0 fully saturated rings. The van der Waals surface area contributed by atoms with Gasteiger partial charge in [0.15, 0.2) is 0 Å². The van der Waals surface area contributed by atoms with Gasteiger partial charge in [0, 0.05) is 24.5 Å². The van der Waals surface area contributed by atoms with Crippen molar-refractivity contribution in [3.05, 3.63) is 24.7 Å². The monoisotopic (exact) mass is 149 g/mol. The fourth-order valence-electron chi connectivity index (χ4n) is 1.27. The van der Waals surface area contributed by atoms with Gasteiger partial charge in [-0.25, -0.2) is 4.52 Å². The van der Waals surface area contributed by atoms with Gasteiger partial charge in [0.25, 0.3) is 0 Å². The van der Waals surface area contributed by atoms with Crippen molar-refractivity contribution in [1.82, 2.24) is 14.2 Å². The van der Waals surface area contributed by atoms with Crippen LogP contribution in [-0.2, 0) is 0 Å². The van der Waals surface area contributed by atoms with Gasteiger partial charge >= 0.3 is 0 Å². The Labute approximate surface area is 65.3 Å². The molecule has 2 heterocycles. The maximum absolute atomic E-state index is 4.12. The summed E-state index contributed by atoms with van der Waals surface area (Å²) in [6.07, 6.45) is 5.83. The minimum Gasteiger partial charge on any atom is -0.329 e. The Balaban J connectivity index is 2.68. The van der Waals surface area contributed by atoms with Crippen molar-refractivity contribution in [3.63, 3.8) is 0 Å². The standard InChI is InChI=1S/C8H11N3/c1-7(2)10-5-6-11-8(10)3-4-9-11/h3-7H,1-2H3. The SMILES string of the molecule is CC(C)n1ccn2nccc12. The zero-order valence-electron chi connectivity index (χ0n) is 6.73. The zero-order chi connectivity index (χ0) is 7.84. The molecule has 0 spiro atoms. The van der Waals surface area contributed by atoms with Crippen LogP contribution >= 0.6 is 0 Å². The highest BCUT2D eigenvalue weighted by Gasteiger charge is 2.02. The number of aromatic nitrogens is 3. The van der Waals surface area contributed by atoms with Gasteiger partial charge in [0.2, 0.25) is 0 Å². The fraction of sp³-hybridized carbons (Fsp3) is 0.375. The van der Waals surface area contributed by atoms with Gasteiger partial charge in [-0.3, -0.25) is 0 Å². The Morgan fingerprint density at radius 2 is 2.18 bits per heavy atom. The number of hydrogen-bond acceptors (Lipinski definition) is 1. The van der Waals surface area contributed by atoms with Crippen LogP contribution in [0.3, 0.4) is 0 Å². The molecular formula is C8H11N3. The van der Waals surface area contributed by atoms with Gasteiger partial charge in [0.1, 0.15) is 5.65 Å². The highest BCUT2D eigenvalue weighted by molar-refractivity contribution is 5.38. The van der Waals surface area contributed by atoms with Crippen LogP contribution in [0.1, 0.15) is 19.9 Å². The van der Waals surface area contributed by atoms with E-state index in [0.29, 0.717) is 6.04 Å². The third-order valence-electron chi connectivity index (χ3n) is 1.84. The molecule has 0 saturated heterocycles. The third kappa shape index (κ3) is 0.843. The quantitative estimate of drug-likeness (QED) is 0.605. The Morgan fingerprint density at radius 1 is 1.36 bits per heavy atom. The van der Waals surface area contributed by atoms with Crippen molar-refractivity contribution < 1.29 is 0 Å². The van der Waals surface area contributed by atoms with Gasteiger partial charge in [-0.1, -0.05) is 0 Å². The Hall–Kier alpha value is -1.25. The van der Waals surface area contributed by atoms with Crippen molar-refractivity contribution in [1.29, 1.82) is 0 Å². The van der Waals surface area contributed by atoms with E-state index in [0.717, 1.165) is 5.65 Å². The van der Waals surface area contributed by atoms with E-state index in [-0.39, 0.29) is 0 Å². The first-order valence-corrected chi connectivity index (χ1v) is 3.79. The lowest BCUT2D eigenvalue weighted by molar-refractivity contribution is 0.619. The molecule has 0 amide bonds. The molecule has 2 rings (SSSR count). The smallest absolute Gasteiger partial charge is 0.135 e. The van der Waals surface area contributed by atoms with Crippen molar-refractivity contribution in [2.75, 3.05) is 0 Å². The summed E-state index contributed by atoms with van der Waals surface area (Å²) < 4.78 is 4.06. The first kappa shape index (κ1) is 6.46. The van der Waals surface area contributed by atoms with Crippen molar-refractivity contribution >= 4 is 5.65 Å². The first-order chi connectivity index (χ1) is 5.29. The van der Waals surface area contributed by atoms with Gasteiger partial charge in [-0.2, -0.15) is 5.10 Å². The summed E-state index contributed by atoms with van der Waals surface area (Å²) in [7, 11) is 0. The predicted molar refractivity (Wildman–Crippen MR) is 43.6 cm³/mol. The molecule has 0 radical (unpaired) electrons. The van der Waals surface area contributed by atoms with Crippen LogP contribution in [0, 0.1) is 0 Å². The van der Waals surface area contributed by atoms with E-state index < -0.39 is 0 Å². The molecule has 0 N–H and O–H groups in total. The summed E-state index contributed by atoms with van der Waals surface area (Å²) in [4.78, 5) is 0. The fourth-order valence-corrected chi connectivity index (χ4v) is 1.27. The molecule has 11 heavy (non-hydrogen) atoms. The van der Waals surface area contributed by atoms with Gasteiger partial charge in [-0.05, 0) is 13.8 Å². The third-order valence-corrected chi connectivity index (χ3v) is 1.84. The summed E-state index contributed by atoms with van der Waals surface area (Å²) in [6.45, 7) is 4.32. The summed E-state index contributed by atoms with van der Waals surface area (Å²) in [6, 6.07) is 2.52. The average Bonchev–Trinajstić information content (AvgIpc) is 2.41. The van der Waals surface area contributed by atoms with E-state index in [9.17, 15) is 0 Å². The summed E-state index contributed by atoms with van der Waals surface area (Å²) in [5, 5.41) is 4.12. The van der Waals surface area contributed by atoms with Crippen molar-refractivity contribution in [3.8, 4) is 0 Å². The lowest BCUT2D eigenvalue weighted by Crippen LogP contribution is -1.97. The maximum atomic E-state index is 4.12. The molecule has 0 aliphatic carbocycles. The second-order valence-electron chi connectivity index (χ2n) is 2.93. The Bertz CT molecular complexity index is 356. The molecule has 58 valence electrons. The summed E-state index contributed by atoms with van der Waals surface area (Å²) in [5.41, 5.74) is 1.15. The van der Waals surface area contributed by atoms with E-state index in [4.69, 9.17) is 0 Å². The largest absolute Gasteiger partial charge is 0.329 e. The Morgan fingerprint density at radius 3 is 2.91 bits per heavy atom. The van der Waals surface area contributed by atoms with Crippen molar-refractivity contribution in [2.24, 2.45) is 0 Å². The first-order valence-electron chi connectivity index (χ1n) is 3.79. The van der Waals surface area contributed by atoms with Crippen molar-refractivity contribution in [2.45, 2.75) is 19.9 Å². The van der Waals surface area contributed by atoms with Crippen LogP contribution in [0.2, 0.25) is 0 Å². The number of nitrogens with zero attached hydrogens (tertiary/aromatic N) is 3. The van der Waals surface area contributed by atoms with Gasteiger partial charge in [-0.15, -0.1) is 0 Å². The second-order valence-corrected chi connectivity index (χ2v) is 2.93.